The molecule has 0 aliphatic carbocycles. The number of hydrazine groups is 1. The molecule has 162 valence electrons. The topological polar surface area (TPSA) is 65.5 Å². The van der Waals surface area contributed by atoms with Gasteiger partial charge in [-0.1, -0.05) is 42.3 Å². The van der Waals surface area contributed by atoms with Crippen LogP contribution >= 0.6 is 11.3 Å². The van der Waals surface area contributed by atoms with Gasteiger partial charge in [0.15, 0.2) is 0 Å². The van der Waals surface area contributed by atoms with Crippen molar-refractivity contribution in [1.29, 1.82) is 0 Å². The van der Waals surface area contributed by atoms with Crippen LogP contribution in [0.2, 0.25) is 0 Å². The van der Waals surface area contributed by atoms with Crippen LogP contribution in [0.15, 0.2) is 66.0 Å². The first-order chi connectivity index (χ1) is 15.6. The minimum Gasteiger partial charge on any atom is -0.332 e. The molecule has 32 heavy (non-hydrogen) atoms. The van der Waals surface area contributed by atoms with Crippen molar-refractivity contribution in [3.63, 3.8) is 0 Å². The van der Waals surface area contributed by atoms with E-state index in [-0.39, 0.29) is 17.7 Å². The third-order valence-electron chi connectivity index (χ3n) is 5.39. The number of anilines is 1. The Labute approximate surface area is 191 Å². The highest BCUT2D eigenvalue weighted by atomic mass is 32.1. The predicted molar refractivity (Wildman–Crippen MR) is 126 cm³/mol. The van der Waals surface area contributed by atoms with E-state index in [9.17, 15) is 9.59 Å². The van der Waals surface area contributed by atoms with Gasteiger partial charge < -0.3 is 4.90 Å². The second-order valence-electron chi connectivity index (χ2n) is 7.59. The Morgan fingerprint density at radius 3 is 2.41 bits per heavy atom. The molecule has 0 bridgehead atoms. The average Bonchev–Trinajstić information content (AvgIpc) is 3.34. The molecule has 0 spiro atoms. The van der Waals surface area contributed by atoms with Gasteiger partial charge >= 0.3 is 0 Å². The Morgan fingerprint density at radius 2 is 1.72 bits per heavy atom. The first-order valence-electron chi connectivity index (χ1n) is 10.5. The zero-order chi connectivity index (χ0) is 22.3. The lowest BCUT2D eigenvalue weighted by atomic mass is 9.97. The molecule has 1 saturated heterocycles. The number of thiazole rings is 1. The van der Waals surface area contributed by atoms with Crippen LogP contribution in [0.25, 0.3) is 0 Å². The molecule has 4 rings (SSSR count). The highest BCUT2D eigenvalue weighted by Gasteiger charge is 2.26. The third kappa shape index (κ3) is 5.34. The molecule has 0 saturated carbocycles. The van der Waals surface area contributed by atoms with Crippen LogP contribution in [-0.2, 0) is 4.79 Å². The summed E-state index contributed by atoms with van der Waals surface area (Å²) in [6.45, 7) is 1.29. The van der Waals surface area contributed by atoms with Crippen LogP contribution < -0.4 is 10.4 Å². The zero-order valence-corrected chi connectivity index (χ0v) is 18.6. The van der Waals surface area contributed by atoms with E-state index in [0.29, 0.717) is 18.8 Å². The third-order valence-corrected chi connectivity index (χ3v) is 6.39. The number of nitrogens with one attached hydrogen (secondary N) is 1. The fourth-order valence-corrected chi connectivity index (χ4v) is 4.53. The van der Waals surface area contributed by atoms with E-state index >= 15 is 0 Å². The van der Waals surface area contributed by atoms with Gasteiger partial charge in [-0.15, -0.1) is 11.3 Å². The van der Waals surface area contributed by atoms with Gasteiger partial charge in [-0.2, -0.15) is 0 Å². The van der Waals surface area contributed by atoms with E-state index in [2.05, 4.69) is 22.3 Å². The van der Waals surface area contributed by atoms with Crippen molar-refractivity contribution in [3.05, 3.63) is 82.3 Å². The molecule has 6 nitrogen and oxygen atoms in total. The van der Waals surface area contributed by atoms with Crippen molar-refractivity contribution in [2.24, 2.45) is 0 Å². The summed E-state index contributed by atoms with van der Waals surface area (Å²) >= 11 is 1.50. The van der Waals surface area contributed by atoms with Crippen molar-refractivity contribution >= 4 is 28.8 Å². The Bertz CT molecular complexity index is 1130. The van der Waals surface area contributed by atoms with Crippen LogP contribution in [0.3, 0.4) is 0 Å². The normalized spacial score (nSPS) is 13.7. The van der Waals surface area contributed by atoms with Gasteiger partial charge in [0.1, 0.15) is 5.69 Å². The van der Waals surface area contributed by atoms with Gasteiger partial charge in [0.05, 0.1) is 10.7 Å². The number of nitrogens with zero attached hydrogens (tertiary/aromatic N) is 3. The van der Waals surface area contributed by atoms with Gasteiger partial charge in [0, 0.05) is 42.9 Å². The summed E-state index contributed by atoms with van der Waals surface area (Å²) in [5, 5.41) is 4.42. The van der Waals surface area contributed by atoms with Gasteiger partial charge in [-0.3, -0.25) is 20.0 Å². The van der Waals surface area contributed by atoms with Crippen molar-refractivity contribution < 1.29 is 9.59 Å². The van der Waals surface area contributed by atoms with E-state index < -0.39 is 0 Å². The second-order valence-corrected chi connectivity index (χ2v) is 8.48. The monoisotopic (exact) mass is 444 g/mol. The number of hydrogen-bond donors (Lipinski definition) is 1. The van der Waals surface area contributed by atoms with Crippen LogP contribution in [0.5, 0.6) is 0 Å². The number of hydrogen-bond acceptors (Lipinski definition) is 5. The molecule has 7 heteroatoms. The maximum Gasteiger partial charge on any atom is 0.298 e. The van der Waals surface area contributed by atoms with Crippen molar-refractivity contribution in [3.8, 4) is 11.8 Å². The smallest absolute Gasteiger partial charge is 0.298 e. The Hall–Kier alpha value is -3.63. The molecular weight excluding hydrogens is 420 g/mol. The van der Waals surface area contributed by atoms with Crippen LogP contribution in [0.1, 0.15) is 39.8 Å². The summed E-state index contributed by atoms with van der Waals surface area (Å²) in [6, 6.07) is 19.1. The fourth-order valence-electron chi connectivity index (χ4n) is 3.56. The number of aromatic nitrogens is 1. The lowest BCUT2D eigenvalue weighted by Crippen LogP contribution is -2.39. The predicted octanol–water partition coefficient (Wildman–Crippen LogP) is 3.68. The summed E-state index contributed by atoms with van der Waals surface area (Å²) in [5.74, 6) is 5.54. The molecule has 2 heterocycles. The molecular formula is C25H24N4O2S. The molecule has 2 amide bonds. The summed E-state index contributed by atoms with van der Waals surface area (Å²) in [6.07, 6.45) is 1.63. The number of piperidine rings is 1. The molecule has 1 N–H and O–H groups in total. The summed E-state index contributed by atoms with van der Waals surface area (Å²) in [7, 11) is 1.80. The Kier molecular flexibility index (Phi) is 6.83. The molecule has 3 aromatic rings. The molecule has 1 fully saturated rings. The number of rotatable bonds is 4. The summed E-state index contributed by atoms with van der Waals surface area (Å²) < 4.78 is 0. The molecule has 0 unspecified atom stereocenters. The lowest BCUT2D eigenvalue weighted by molar-refractivity contribution is -0.126. The van der Waals surface area contributed by atoms with Gasteiger partial charge in [0.2, 0.25) is 0 Å². The van der Waals surface area contributed by atoms with Gasteiger partial charge in [-0.05, 0) is 37.1 Å². The van der Waals surface area contributed by atoms with E-state index in [1.807, 2.05) is 60.7 Å². The van der Waals surface area contributed by atoms with Crippen molar-refractivity contribution in [2.45, 2.75) is 18.8 Å². The van der Waals surface area contributed by atoms with E-state index in [0.717, 1.165) is 29.1 Å². The maximum absolute atomic E-state index is 12.6. The molecule has 1 aliphatic heterocycles. The van der Waals surface area contributed by atoms with E-state index in [1.165, 1.54) is 11.3 Å². The highest BCUT2D eigenvalue weighted by Crippen LogP contribution is 2.30. The van der Waals surface area contributed by atoms with Gasteiger partial charge in [-0.25, -0.2) is 4.98 Å². The molecule has 0 atom stereocenters. The van der Waals surface area contributed by atoms with Crippen LogP contribution in [-0.4, -0.2) is 41.8 Å². The zero-order valence-electron chi connectivity index (χ0n) is 17.8. The molecule has 2 aromatic carbocycles. The first-order valence-corrected chi connectivity index (χ1v) is 11.4. The minimum atomic E-state index is -0.234. The highest BCUT2D eigenvalue weighted by molar-refractivity contribution is 7.09. The average molecular weight is 445 g/mol. The second kappa shape index (κ2) is 10.1. The fraction of sp³-hybridized carbons (Fsp3) is 0.240. The van der Waals surface area contributed by atoms with E-state index in [1.54, 1.807) is 22.3 Å². The molecule has 1 aromatic heterocycles. The maximum atomic E-state index is 12.6. The standard InChI is InChI=1S/C25H24N4O2S/c1-28(21-10-6-3-7-11-21)27-24(31)22-18-32-25(26-22)20-14-16-29(17-15-20)23(30)13-12-19-8-4-2-5-9-19/h2-11,18,20H,14-17H2,1H3,(H,27,31). The number of carbonyl (C=O) groups excluding carboxylic acids is 2. The summed E-state index contributed by atoms with van der Waals surface area (Å²) in [5.41, 5.74) is 4.99. The number of carbonyl (C=O) groups is 2. The van der Waals surface area contributed by atoms with Crippen molar-refractivity contribution in [2.75, 3.05) is 25.1 Å². The van der Waals surface area contributed by atoms with E-state index in [4.69, 9.17) is 0 Å². The van der Waals surface area contributed by atoms with Crippen molar-refractivity contribution in [1.82, 2.24) is 15.3 Å². The molecule has 0 radical (unpaired) electrons. The quantitative estimate of drug-likeness (QED) is 0.493. The number of benzene rings is 2. The molecule has 1 aliphatic rings. The van der Waals surface area contributed by atoms with Gasteiger partial charge in [0.25, 0.3) is 11.8 Å². The largest absolute Gasteiger partial charge is 0.332 e. The SMILES string of the molecule is CN(NC(=O)c1csc(C2CCN(C(=O)C#Cc3ccccc3)CC2)n1)c1ccccc1. The number of para-hydroxylation sites is 1. The number of amides is 2. The summed E-state index contributed by atoms with van der Waals surface area (Å²) in [4.78, 5) is 31.4. The Morgan fingerprint density at radius 1 is 1.06 bits per heavy atom. The number of likely N-dealkylation sites (tertiary alicyclic amines) is 1. The Balaban J connectivity index is 1.30. The first kappa shape index (κ1) is 21.6. The van der Waals surface area contributed by atoms with Crippen LogP contribution in [0, 0.1) is 11.8 Å². The lowest BCUT2D eigenvalue weighted by Gasteiger charge is -2.29. The minimum absolute atomic E-state index is 0.143. The van der Waals surface area contributed by atoms with Crippen LogP contribution in [0.4, 0.5) is 5.69 Å².